The van der Waals surface area contributed by atoms with Crippen LogP contribution in [-0.2, 0) is 0 Å². The number of hydrogen-bond donors (Lipinski definition) is 0. The second-order valence-corrected chi connectivity index (χ2v) is 25.5. The molecule has 0 aliphatic rings. The highest BCUT2D eigenvalue weighted by molar-refractivity contribution is 7.40. The molecule has 0 aromatic rings. The summed E-state index contributed by atoms with van der Waals surface area (Å²) in [5.41, 5.74) is 0. The first-order chi connectivity index (χ1) is 10.4. The third-order valence-corrected chi connectivity index (χ3v) is 25.5. The molecule has 0 radical (unpaired) electrons. The van der Waals surface area contributed by atoms with Crippen molar-refractivity contribution in [1.29, 1.82) is 0 Å². The quantitative estimate of drug-likeness (QED) is 0.208. The van der Waals surface area contributed by atoms with Crippen molar-refractivity contribution in [2.75, 3.05) is 0 Å². The Kier molecular flexibility index (Phi) is 13.1. The second kappa shape index (κ2) is 12.8. The molecule has 0 aromatic heterocycles. The van der Waals surface area contributed by atoms with E-state index in [4.69, 9.17) is 0 Å². The Morgan fingerprint density at radius 2 is 0.682 bits per heavy atom. The van der Waals surface area contributed by atoms with E-state index < -0.39 is 15.2 Å². The van der Waals surface area contributed by atoms with E-state index in [0.29, 0.717) is 0 Å². The summed E-state index contributed by atoms with van der Waals surface area (Å²) in [4.78, 5) is 0. The van der Waals surface area contributed by atoms with Crippen LogP contribution in [0.25, 0.3) is 0 Å². The van der Waals surface area contributed by atoms with Gasteiger partial charge < -0.3 is 0 Å². The molecule has 0 nitrogen and oxygen atoms in total. The third-order valence-electron chi connectivity index (χ3n) is 6.14. The summed E-state index contributed by atoms with van der Waals surface area (Å²) in [6.45, 7) is 15.5. The van der Waals surface area contributed by atoms with Gasteiger partial charge >= 0.3 is 0 Å². The fourth-order valence-electron chi connectivity index (χ4n) is 3.37. The van der Waals surface area contributed by atoms with Gasteiger partial charge in [0.05, 0.1) is 0 Å². The maximum absolute atomic E-state index is 2.71. The van der Waals surface area contributed by atoms with Crippen molar-refractivity contribution in [2.24, 2.45) is 0 Å². The Labute approximate surface area is 144 Å². The minimum Gasteiger partial charge on any atom is -0.0713 e. The Bertz CT molecular complexity index is 220. The third kappa shape index (κ3) is 10.3. The van der Waals surface area contributed by atoms with Gasteiger partial charge in [-0.3, -0.25) is 0 Å². The molecule has 0 aromatic carbocycles. The van der Waals surface area contributed by atoms with E-state index in [-0.39, 0.29) is 0 Å². The van der Waals surface area contributed by atoms with Gasteiger partial charge in [0.2, 0.25) is 0 Å². The van der Waals surface area contributed by atoms with Crippen molar-refractivity contribution in [3.8, 4) is 0 Å². The van der Waals surface area contributed by atoms with Crippen LogP contribution in [0.15, 0.2) is 0 Å². The molecule has 0 aliphatic carbocycles. The molecule has 0 amide bonds. The van der Waals surface area contributed by atoms with Crippen LogP contribution < -0.4 is 0 Å². The van der Waals surface area contributed by atoms with Crippen molar-refractivity contribution < 1.29 is 0 Å². The van der Waals surface area contributed by atoms with Crippen molar-refractivity contribution >= 4 is 15.2 Å². The predicted molar refractivity (Wildman–Crippen MR) is 111 cm³/mol. The summed E-state index contributed by atoms with van der Waals surface area (Å²) in [5.74, 6) is 0. The van der Waals surface area contributed by atoms with Gasteiger partial charge in [0, 0.05) is 15.2 Å². The van der Waals surface area contributed by atoms with Gasteiger partial charge in [0.15, 0.2) is 0 Å². The first-order valence-corrected chi connectivity index (χ1v) is 17.8. The predicted octanol–water partition coefficient (Wildman–Crippen LogP) is 8.20. The maximum atomic E-state index is 2.71. The minimum atomic E-state index is -0.936. The lowest BCUT2D eigenvalue weighted by Gasteiger charge is -2.39. The van der Waals surface area contributed by atoms with Crippen molar-refractivity contribution in [2.45, 2.75) is 129 Å². The van der Waals surface area contributed by atoms with E-state index in [9.17, 15) is 0 Å². The first kappa shape index (κ1) is 22.4. The molecule has 0 saturated carbocycles. The summed E-state index contributed by atoms with van der Waals surface area (Å²) >= 11 is 0. The summed E-state index contributed by atoms with van der Waals surface area (Å²) in [7, 11) is -1.87. The summed E-state index contributed by atoms with van der Waals surface area (Å²) in [5, 5.41) is 0. The molecule has 0 heterocycles. The Morgan fingerprint density at radius 3 is 1.00 bits per heavy atom. The van der Waals surface area contributed by atoms with Gasteiger partial charge in [-0.2, -0.15) is 0 Å². The lowest BCUT2D eigenvalue weighted by atomic mass is 10.1. The van der Waals surface area contributed by atoms with Gasteiger partial charge in [-0.15, -0.1) is 0 Å². The molecular weight excluding hydrogens is 296 g/mol. The van der Waals surface area contributed by atoms with E-state index >= 15 is 0 Å². The molecular formula is C20H46Si2. The van der Waals surface area contributed by atoms with Crippen molar-refractivity contribution in [3.05, 3.63) is 0 Å². The van der Waals surface area contributed by atoms with Gasteiger partial charge in [0.25, 0.3) is 0 Å². The Balaban J connectivity index is 3.87. The van der Waals surface area contributed by atoms with E-state index in [1.165, 1.54) is 77.0 Å². The topological polar surface area (TPSA) is 0 Å². The van der Waals surface area contributed by atoms with Gasteiger partial charge in [-0.1, -0.05) is 129 Å². The van der Waals surface area contributed by atoms with Crippen LogP contribution in [-0.4, -0.2) is 15.2 Å². The zero-order valence-electron chi connectivity index (χ0n) is 16.9. The van der Waals surface area contributed by atoms with Crippen molar-refractivity contribution in [1.82, 2.24) is 0 Å². The van der Waals surface area contributed by atoms with Crippen LogP contribution in [0.3, 0.4) is 0 Å². The van der Waals surface area contributed by atoms with Crippen LogP contribution in [0.2, 0.25) is 38.3 Å². The average Bonchev–Trinajstić information content (AvgIpc) is 2.46. The molecule has 0 aliphatic heterocycles. The number of rotatable bonds is 15. The first-order valence-electron chi connectivity index (χ1n) is 10.4. The lowest BCUT2D eigenvalue weighted by molar-refractivity contribution is 0.621. The fraction of sp³-hybridized carbons (Fsp3) is 1.00. The molecule has 0 rings (SSSR count). The normalized spacial score (nSPS) is 12.8. The Morgan fingerprint density at radius 1 is 0.409 bits per heavy atom. The number of unbranched alkanes of at least 4 members (excludes halogenated alkanes) is 10. The van der Waals surface area contributed by atoms with Gasteiger partial charge in [-0.25, -0.2) is 0 Å². The second-order valence-electron chi connectivity index (χ2n) is 8.80. The van der Waals surface area contributed by atoms with Crippen LogP contribution in [0.1, 0.15) is 90.9 Å². The molecule has 0 unspecified atom stereocenters. The molecule has 0 fully saturated rings. The molecule has 134 valence electrons. The highest BCUT2D eigenvalue weighted by Gasteiger charge is 2.39. The standard InChI is InChI=1S/C20H46Si2/c1-7-9-11-13-15-17-19-21(3,4)22(5,6)20-18-16-14-12-10-8-2/h7-20H2,1-6H3. The summed E-state index contributed by atoms with van der Waals surface area (Å²) < 4.78 is 0. The summed E-state index contributed by atoms with van der Waals surface area (Å²) in [6, 6.07) is 3.21. The van der Waals surface area contributed by atoms with E-state index in [1.807, 2.05) is 0 Å². The fourth-order valence-corrected chi connectivity index (χ4v) is 12.1. The van der Waals surface area contributed by atoms with Crippen LogP contribution in [0, 0.1) is 0 Å². The van der Waals surface area contributed by atoms with Crippen LogP contribution >= 0.6 is 0 Å². The minimum absolute atomic E-state index is 0.936. The van der Waals surface area contributed by atoms with Crippen LogP contribution in [0.4, 0.5) is 0 Å². The highest BCUT2D eigenvalue weighted by Crippen LogP contribution is 2.31. The molecule has 0 atom stereocenters. The monoisotopic (exact) mass is 342 g/mol. The lowest BCUT2D eigenvalue weighted by Crippen LogP contribution is -2.54. The zero-order chi connectivity index (χ0) is 16.9. The van der Waals surface area contributed by atoms with E-state index in [2.05, 4.69) is 40.0 Å². The summed E-state index contributed by atoms with van der Waals surface area (Å²) in [6.07, 6.45) is 17.6. The molecule has 0 N–H and O–H groups in total. The average molecular weight is 343 g/mol. The van der Waals surface area contributed by atoms with Gasteiger partial charge in [0.1, 0.15) is 0 Å². The van der Waals surface area contributed by atoms with E-state index in [1.54, 1.807) is 12.1 Å². The highest BCUT2D eigenvalue weighted by atomic mass is 29.3. The largest absolute Gasteiger partial charge is 0.0713 e. The SMILES string of the molecule is CCCCCCCC[Si](C)(C)[Si](C)(C)CCCCCCCC. The smallest absolute Gasteiger partial charge is 0.0412 e. The maximum Gasteiger partial charge on any atom is 0.0412 e. The molecule has 0 saturated heterocycles. The van der Waals surface area contributed by atoms with Crippen molar-refractivity contribution in [3.63, 3.8) is 0 Å². The molecule has 22 heavy (non-hydrogen) atoms. The molecule has 0 bridgehead atoms. The van der Waals surface area contributed by atoms with E-state index in [0.717, 1.165) is 0 Å². The Hall–Kier alpha value is 0.434. The van der Waals surface area contributed by atoms with Crippen LogP contribution in [0.5, 0.6) is 0 Å². The molecule has 2 heteroatoms. The van der Waals surface area contributed by atoms with Gasteiger partial charge in [-0.05, 0) is 0 Å². The zero-order valence-corrected chi connectivity index (χ0v) is 18.9. The number of hydrogen-bond acceptors (Lipinski definition) is 0. The molecule has 0 spiro atoms.